The highest BCUT2D eigenvalue weighted by Gasteiger charge is 2.48. The minimum atomic E-state index is -0.707. The van der Waals surface area contributed by atoms with E-state index in [0.717, 1.165) is 32.5 Å². The van der Waals surface area contributed by atoms with Crippen molar-refractivity contribution in [3.05, 3.63) is 12.2 Å². The molecular weight excluding hydrogens is 304 g/mol. The van der Waals surface area contributed by atoms with Crippen LogP contribution in [0.25, 0.3) is 0 Å². The summed E-state index contributed by atoms with van der Waals surface area (Å²) in [7, 11) is 0. The topological polar surface area (TPSA) is 55.8 Å². The second-order valence-corrected chi connectivity index (χ2v) is 7.25. The van der Waals surface area contributed by atoms with Crippen LogP contribution < -0.4 is 0 Å². The van der Waals surface area contributed by atoms with Gasteiger partial charge >= 0.3 is 5.97 Å². The summed E-state index contributed by atoms with van der Waals surface area (Å²) >= 11 is 0. The fourth-order valence-electron chi connectivity index (χ4n) is 4.02. The molecule has 2 rings (SSSR count). The molecule has 2 fully saturated rings. The highest BCUT2D eigenvalue weighted by atomic mass is 16.5. The molecule has 0 radical (unpaired) electrons. The predicted octanol–water partition coefficient (Wildman–Crippen LogP) is 4.58. The zero-order valence-corrected chi connectivity index (χ0v) is 15.1. The fourth-order valence-corrected chi connectivity index (χ4v) is 4.02. The first kappa shape index (κ1) is 19.5. The van der Waals surface area contributed by atoms with E-state index in [1.807, 2.05) is 0 Å². The summed E-state index contributed by atoms with van der Waals surface area (Å²) in [5, 5.41) is 8.64. The van der Waals surface area contributed by atoms with Crippen LogP contribution in [0, 0.1) is 11.8 Å². The molecule has 4 nitrogen and oxygen atoms in total. The van der Waals surface area contributed by atoms with Crippen molar-refractivity contribution in [3.63, 3.8) is 0 Å². The number of rotatable bonds is 13. The highest BCUT2D eigenvalue weighted by Crippen LogP contribution is 2.45. The fraction of sp³-hybridized carbons (Fsp3) is 0.850. The zero-order chi connectivity index (χ0) is 17.2. The quantitative estimate of drug-likeness (QED) is 0.394. The van der Waals surface area contributed by atoms with E-state index in [9.17, 15) is 4.79 Å². The summed E-state index contributed by atoms with van der Waals surface area (Å²) in [6.45, 7) is 3.95. The van der Waals surface area contributed by atoms with Gasteiger partial charge < -0.3 is 14.6 Å². The van der Waals surface area contributed by atoms with Crippen LogP contribution in [-0.4, -0.2) is 36.5 Å². The lowest BCUT2D eigenvalue weighted by molar-refractivity contribution is -0.137. The van der Waals surface area contributed by atoms with Gasteiger partial charge in [-0.05, 0) is 44.4 Å². The average molecular weight is 338 g/mol. The third kappa shape index (κ3) is 6.21. The molecule has 2 bridgehead atoms. The Morgan fingerprint density at radius 3 is 2.67 bits per heavy atom. The van der Waals surface area contributed by atoms with Crippen molar-refractivity contribution in [3.8, 4) is 0 Å². The maximum atomic E-state index is 10.5. The van der Waals surface area contributed by atoms with Crippen molar-refractivity contribution < 1.29 is 19.4 Å². The van der Waals surface area contributed by atoms with Crippen molar-refractivity contribution in [1.29, 1.82) is 0 Å². The molecule has 1 N–H and O–H groups in total. The molecular formula is C20H34O4. The number of ether oxygens (including phenoxy) is 2. The van der Waals surface area contributed by atoms with Crippen molar-refractivity contribution in [1.82, 2.24) is 0 Å². The van der Waals surface area contributed by atoms with Gasteiger partial charge in [-0.2, -0.15) is 0 Å². The van der Waals surface area contributed by atoms with E-state index < -0.39 is 5.97 Å². The lowest BCUT2D eigenvalue weighted by Crippen LogP contribution is -2.30. The van der Waals surface area contributed by atoms with E-state index in [2.05, 4.69) is 19.1 Å². The van der Waals surface area contributed by atoms with Crippen molar-refractivity contribution >= 4 is 5.97 Å². The van der Waals surface area contributed by atoms with Crippen LogP contribution in [0.5, 0.6) is 0 Å². The SMILES string of the molecule is CCCCCCOC[C@@H]1[C@H](C/C=C\CCCC(=O)O)[C@H]2CC[C@@H]1O2. The Morgan fingerprint density at radius 2 is 1.92 bits per heavy atom. The van der Waals surface area contributed by atoms with Gasteiger partial charge in [-0.1, -0.05) is 38.3 Å². The summed E-state index contributed by atoms with van der Waals surface area (Å²) in [6, 6.07) is 0. The maximum Gasteiger partial charge on any atom is 0.303 e. The summed E-state index contributed by atoms with van der Waals surface area (Å²) in [6.07, 6.45) is 15.4. The van der Waals surface area contributed by atoms with E-state index in [1.165, 1.54) is 38.5 Å². The zero-order valence-electron chi connectivity index (χ0n) is 15.1. The van der Waals surface area contributed by atoms with Gasteiger partial charge in [-0.25, -0.2) is 0 Å². The maximum absolute atomic E-state index is 10.5. The lowest BCUT2D eigenvalue weighted by Gasteiger charge is -2.27. The molecule has 0 aromatic heterocycles. The molecule has 4 atom stereocenters. The molecule has 2 saturated heterocycles. The van der Waals surface area contributed by atoms with Crippen LogP contribution in [0.1, 0.15) is 71.1 Å². The molecule has 0 unspecified atom stereocenters. The van der Waals surface area contributed by atoms with Crippen LogP contribution >= 0.6 is 0 Å². The number of hydrogen-bond acceptors (Lipinski definition) is 3. The molecule has 4 heteroatoms. The van der Waals surface area contributed by atoms with Crippen molar-refractivity contribution in [2.45, 2.75) is 83.3 Å². The number of aliphatic carboxylic acids is 1. The van der Waals surface area contributed by atoms with E-state index in [-0.39, 0.29) is 6.42 Å². The molecule has 0 aliphatic carbocycles. The Bertz CT molecular complexity index is 393. The minimum Gasteiger partial charge on any atom is -0.481 e. The second-order valence-electron chi connectivity index (χ2n) is 7.25. The molecule has 138 valence electrons. The number of carbonyl (C=O) groups is 1. The summed E-state index contributed by atoms with van der Waals surface area (Å²) in [4.78, 5) is 10.5. The Balaban J connectivity index is 1.65. The monoisotopic (exact) mass is 338 g/mol. The second kappa shape index (κ2) is 10.9. The molecule has 0 aromatic carbocycles. The van der Waals surface area contributed by atoms with Gasteiger partial charge in [0, 0.05) is 18.9 Å². The van der Waals surface area contributed by atoms with E-state index in [0.29, 0.717) is 24.0 Å². The minimum absolute atomic E-state index is 0.260. The van der Waals surface area contributed by atoms with E-state index in [4.69, 9.17) is 14.6 Å². The number of allylic oxidation sites excluding steroid dienone is 2. The Morgan fingerprint density at radius 1 is 1.12 bits per heavy atom. The van der Waals surface area contributed by atoms with Crippen LogP contribution in [-0.2, 0) is 14.3 Å². The van der Waals surface area contributed by atoms with Gasteiger partial charge in [0.2, 0.25) is 0 Å². The van der Waals surface area contributed by atoms with Gasteiger partial charge in [-0.15, -0.1) is 0 Å². The van der Waals surface area contributed by atoms with E-state index >= 15 is 0 Å². The smallest absolute Gasteiger partial charge is 0.303 e. The molecule has 2 aliphatic rings. The van der Waals surface area contributed by atoms with E-state index in [1.54, 1.807) is 0 Å². The predicted molar refractivity (Wildman–Crippen MR) is 95.1 cm³/mol. The molecule has 2 aliphatic heterocycles. The van der Waals surface area contributed by atoms with Gasteiger partial charge in [0.15, 0.2) is 0 Å². The standard InChI is InChI=1S/C20H34O4/c1-2-3-4-9-14-23-15-17-16(18-12-13-19(17)24-18)10-7-5-6-8-11-20(21)22/h5,7,16-19H,2-4,6,8-15H2,1H3,(H,21,22)/b7-5-/t16-,17+,18+,19-/m0/s1. The van der Waals surface area contributed by atoms with Crippen LogP contribution in [0.4, 0.5) is 0 Å². The normalized spacial score (nSPS) is 28.9. The Kier molecular flexibility index (Phi) is 8.82. The molecule has 0 spiro atoms. The molecule has 0 saturated carbocycles. The molecule has 0 aromatic rings. The number of unbranched alkanes of at least 4 members (excludes halogenated alkanes) is 4. The molecule has 2 heterocycles. The largest absolute Gasteiger partial charge is 0.481 e. The van der Waals surface area contributed by atoms with Gasteiger partial charge in [0.1, 0.15) is 0 Å². The van der Waals surface area contributed by atoms with Gasteiger partial charge in [-0.3, -0.25) is 4.79 Å². The average Bonchev–Trinajstić information content (AvgIpc) is 3.15. The van der Waals surface area contributed by atoms with Gasteiger partial charge in [0.05, 0.1) is 18.8 Å². The molecule has 24 heavy (non-hydrogen) atoms. The van der Waals surface area contributed by atoms with Crippen molar-refractivity contribution in [2.75, 3.05) is 13.2 Å². The van der Waals surface area contributed by atoms with Crippen molar-refractivity contribution in [2.24, 2.45) is 11.8 Å². The first-order chi connectivity index (χ1) is 11.7. The highest BCUT2D eigenvalue weighted by molar-refractivity contribution is 5.66. The lowest BCUT2D eigenvalue weighted by atomic mass is 9.78. The number of hydrogen-bond donors (Lipinski definition) is 1. The van der Waals surface area contributed by atoms with Crippen LogP contribution in [0.15, 0.2) is 12.2 Å². The summed E-state index contributed by atoms with van der Waals surface area (Å²) in [5.74, 6) is 0.412. The van der Waals surface area contributed by atoms with Crippen LogP contribution in [0.3, 0.4) is 0 Å². The van der Waals surface area contributed by atoms with Gasteiger partial charge in [0.25, 0.3) is 0 Å². The third-order valence-corrected chi connectivity index (χ3v) is 5.38. The molecule has 0 amide bonds. The Labute approximate surface area is 146 Å². The van der Waals surface area contributed by atoms with Crippen LogP contribution in [0.2, 0.25) is 0 Å². The first-order valence-electron chi connectivity index (χ1n) is 9.82. The summed E-state index contributed by atoms with van der Waals surface area (Å²) < 4.78 is 12.1. The number of fused-ring (bicyclic) bond motifs is 2. The third-order valence-electron chi connectivity index (χ3n) is 5.38. The first-order valence-corrected chi connectivity index (χ1v) is 9.82. The summed E-state index contributed by atoms with van der Waals surface area (Å²) in [5.41, 5.74) is 0. The Hall–Kier alpha value is -0.870. The number of carboxylic acids is 1. The number of carboxylic acid groups (broad SMARTS) is 1.